The number of benzene rings is 1. The van der Waals surface area contributed by atoms with Crippen LogP contribution in [0.4, 0.5) is 11.4 Å². The Hall–Kier alpha value is -2.27. The molecule has 0 bridgehead atoms. The van der Waals surface area contributed by atoms with E-state index in [0.717, 1.165) is 24.2 Å². The van der Waals surface area contributed by atoms with Crippen LogP contribution in [0.25, 0.3) is 0 Å². The highest BCUT2D eigenvalue weighted by atomic mass is 35.5. The van der Waals surface area contributed by atoms with Gasteiger partial charge in [0, 0.05) is 11.6 Å². The summed E-state index contributed by atoms with van der Waals surface area (Å²) >= 11 is 6.00. The molecule has 2 rings (SSSR count). The molecule has 0 radical (unpaired) electrons. The fraction of sp³-hybridized carbons (Fsp3) is 0.294. The van der Waals surface area contributed by atoms with Crippen LogP contribution >= 0.6 is 11.6 Å². The van der Waals surface area contributed by atoms with Crippen LogP contribution in [0.5, 0.6) is 5.75 Å². The average molecular weight is 334 g/mol. The topological polar surface area (TPSA) is 63.2 Å². The lowest BCUT2D eigenvalue weighted by Gasteiger charge is -2.11. The zero-order chi connectivity index (χ0) is 16.7. The maximum Gasteiger partial charge on any atom is 0.269 e. The van der Waals surface area contributed by atoms with Gasteiger partial charge in [0.05, 0.1) is 24.7 Å². The third kappa shape index (κ3) is 4.86. The number of amides is 1. The molecule has 0 unspecified atom stereocenters. The molecule has 2 N–H and O–H groups in total. The minimum atomic E-state index is -0.162. The number of rotatable bonds is 7. The van der Waals surface area contributed by atoms with E-state index in [9.17, 15) is 4.79 Å². The number of nitrogens with one attached hydrogen (secondary N) is 2. The summed E-state index contributed by atoms with van der Waals surface area (Å²) in [5.74, 6) is 0.515. The highest BCUT2D eigenvalue weighted by Crippen LogP contribution is 2.30. The smallest absolute Gasteiger partial charge is 0.269 e. The number of halogens is 1. The van der Waals surface area contributed by atoms with Crippen LogP contribution in [0, 0.1) is 0 Å². The summed E-state index contributed by atoms with van der Waals surface area (Å²) in [4.78, 5) is 16.1. The number of hydrogen-bond acceptors (Lipinski definition) is 4. The first-order valence-corrected chi connectivity index (χ1v) is 7.86. The molecule has 0 aliphatic rings. The van der Waals surface area contributed by atoms with E-state index >= 15 is 0 Å². The minimum Gasteiger partial charge on any atom is -0.495 e. The average Bonchev–Trinajstić information content (AvgIpc) is 2.56. The summed E-state index contributed by atoms with van der Waals surface area (Å²) in [7, 11) is 1.59. The molecule has 0 saturated heterocycles. The van der Waals surface area contributed by atoms with Crippen LogP contribution in [0.15, 0.2) is 36.5 Å². The molecule has 122 valence electrons. The summed E-state index contributed by atoms with van der Waals surface area (Å²) in [5, 5.41) is 6.62. The molecule has 0 saturated carbocycles. The first-order valence-electron chi connectivity index (χ1n) is 7.49. The second-order valence-corrected chi connectivity index (χ2v) is 5.45. The molecular formula is C17H20ClN3O2. The fourth-order valence-electron chi connectivity index (χ4n) is 2.00. The lowest BCUT2D eigenvalue weighted by atomic mass is 10.2. The number of pyridine rings is 1. The van der Waals surface area contributed by atoms with Gasteiger partial charge in [0.15, 0.2) is 0 Å². The second kappa shape index (κ2) is 8.39. The van der Waals surface area contributed by atoms with E-state index in [0.29, 0.717) is 23.0 Å². The summed E-state index contributed by atoms with van der Waals surface area (Å²) in [6.45, 7) is 2.74. The van der Waals surface area contributed by atoms with Crippen LogP contribution in [-0.2, 0) is 0 Å². The van der Waals surface area contributed by atoms with Crippen molar-refractivity contribution < 1.29 is 9.53 Å². The van der Waals surface area contributed by atoms with Crippen LogP contribution < -0.4 is 15.4 Å². The molecule has 2 aromatic rings. The lowest BCUT2D eigenvalue weighted by Crippen LogP contribution is -2.25. The number of ether oxygens (including phenoxy) is 1. The highest BCUT2D eigenvalue weighted by Gasteiger charge is 2.08. The zero-order valence-electron chi connectivity index (χ0n) is 13.2. The summed E-state index contributed by atoms with van der Waals surface area (Å²) in [5.41, 5.74) is 1.88. The molecule has 0 atom stereocenters. The van der Waals surface area contributed by atoms with Crippen molar-refractivity contribution in [1.82, 2.24) is 10.3 Å². The molecule has 0 spiro atoms. The van der Waals surface area contributed by atoms with Gasteiger partial charge in [0.1, 0.15) is 11.4 Å². The van der Waals surface area contributed by atoms with E-state index in [1.54, 1.807) is 43.6 Å². The Morgan fingerprint density at radius 1 is 1.30 bits per heavy atom. The molecule has 6 heteroatoms. The van der Waals surface area contributed by atoms with E-state index in [1.165, 1.54) is 0 Å². The van der Waals surface area contributed by atoms with E-state index in [1.807, 2.05) is 0 Å². The Bertz CT molecular complexity index is 659. The molecule has 0 aliphatic carbocycles. The number of unbranched alkanes of at least 4 members (excludes halogenated alkanes) is 1. The van der Waals surface area contributed by atoms with Gasteiger partial charge in [-0.3, -0.25) is 4.79 Å². The minimum absolute atomic E-state index is 0.162. The van der Waals surface area contributed by atoms with Crippen LogP contribution in [0.3, 0.4) is 0 Å². The Kier molecular flexibility index (Phi) is 6.23. The van der Waals surface area contributed by atoms with Gasteiger partial charge in [0.2, 0.25) is 0 Å². The van der Waals surface area contributed by atoms with Gasteiger partial charge in [-0.25, -0.2) is 4.98 Å². The number of hydrogen-bond donors (Lipinski definition) is 2. The number of anilines is 2. The number of aromatic nitrogens is 1. The second-order valence-electron chi connectivity index (χ2n) is 5.01. The van der Waals surface area contributed by atoms with Crippen LogP contribution in [0.1, 0.15) is 30.3 Å². The first kappa shape index (κ1) is 17.1. The third-order valence-corrected chi connectivity index (χ3v) is 3.49. The monoisotopic (exact) mass is 333 g/mol. The van der Waals surface area contributed by atoms with Gasteiger partial charge >= 0.3 is 0 Å². The van der Waals surface area contributed by atoms with Crippen LogP contribution in [0.2, 0.25) is 5.02 Å². The Balaban J connectivity index is 2.05. The van der Waals surface area contributed by atoms with Crippen molar-refractivity contribution in [2.45, 2.75) is 19.8 Å². The van der Waals surface area contributed by atoms with Gasteiger partial charge in [-0.1, -0.05) is 24.9 Å². The van der Waals surface area contributed by atoms with Gasteiger partial charge in [-0.2, -0.15) is 0 Å². The summed E-state index contributed by atoms with van der Waals surface area (Å²) in [6.07, 6.45) is 3.60. The van der Waals surface area contributed by atoms with Gasteiger partial charge in [-0.15, -0.1) is 0 Å². The van der Waals surface area contributed by atoms with Gasteiger partial charge < -0.3 is 15.4 Å². The third-order valence-electron chi connectivity index (χ3n) is 3.25. The SMILES string of the molecule is CCCCNC(=O)c1ccc(Nc2cc(Cl)ccc2OC)cn1. The Morgan fingerprint density at radius 3 is 2.78 bits per heavy atom. The molecule has 1 aromatic heterocycles. The summed E-state index contributed by atoms with van der Waals surface area (Å²) in [6, 6.07) is 8.79. The number of methoxy groups -OCH3 is 1. The largest absolute Gasteiger partial charge is 0.495 e. The predicted octanol–water partition coefficient (Wildman–Crippen LogP) is 4.02. The number of carbonyl (C=O) groups excluding carboxylic acids is 1. The molecule has 1 amide bonds. The standard InChI is InChI=1S/C17H20ClN3O2/c1-3-4-9-19-17(22)14-7-6-13(11-20-14)21-15-10-12(18)5-8-16(15)23-2/h5-8,10-11,21H,3-4,9H2,1-2H3,(H,19,22). The van der Waals surface area contributed by atoms with Gasteiger partial charge in [-0.05, 0) is 36.8 Å². The van der Waals surface area contributed by atoms with E-state index < -0.39 is 0 Å². The number of carbonyl (C=O) groups is 1. The van der Waals surface area contributed by atoms with Crippen molar-refractivity contribution in [3.8, 4) is 5.75 Å². The molecule has 5 nitrogen and oxygen atoms in total. The van der Waals surface area contributed by atoms with Crippen molar-refractivity contribution in [2.75, 3.05) is 19.0 Å². The van der Waals surface area contributed by atoms with Crippen molar-refractivity contribution >= 4 is 28.9 Å². The first-order chi connectivity index (χ1) is 11.1. The fourth-order valence-corrected chi connectivity index (χ4v) is 2.18. The normalized spacial score (nSPS) is 10.2. The molecule has 1 heterocycles. The predicted molar refractivity (Wildman–Crippen MR) is 92.8 cm³/mol. The maximum atomic E-state index is 11.9. The zero-order valence-corrected chi connectivity index (χ0v) is 14.0. The molecule has 0 fully saturated rings. The molecular weight excluding hydrogens is 314 g/mol. The molecule has 23 heavy (non-hydrogen) atoms. The molecule has 0 aliphatic heterocycles. The van der Waals surface area contributed by atoms with Gasteiger partial charge in [0.25, 0.3) is 5.91 Å². The van der Waals surface area contributed by atoms with Crippen molar-refractivity contribution in [2.24, 2.45) is 0 Å². The molecule has 1 aromatic carbocycles. The Labute approximate surface area is 141 Å². The Morgan fingerprint density at radius 2 is 2.13 bits per heavy atom. The lowest BCUT2D eigenvalue weighted by molar-refractivity contribution is 0.0948. The van der Waals surface area contributed by atoms with E-state index in [4.69, 9.17) is 16.3 Å². The van der Waals surface area contributed by atoms with Crippen molar-refractivity contribution in [1.29, 1.82) is 0 Å². The summed E-state index contributed by atoms with van der Waals surface area (Å²) < 4.78 is 5.28. The van der Waals surface area contributed by atoms with Crippen LogP contribution in [-0.4, -0.2) is 24.5 Å². The van der Waals surface area contributed by atoms with Crippen molar-refractivity contribution in [3.05, 3.63) is 47.2 Å². The maximum absolute atomic E-state index is 11.9. The van der Waals surface area contributed by atoms with E-state index in [-0.39, 0.29) is 5.91 Å². The van der Waals surface area contributed by atoms with E-state index in [2.05, 4.69) is 22.5 Å². The number of nitrogens with zero attached hydrogens (tertiary/aromatic N) is 1. The van der Waals surface area contributed by atoms with Crippen molar-refractivity contribution in [3.63, 3.8) is 0 Å². The highest BCUT2D eigenvalue weighted by molar-refractivity contribution is 6.31. The quantitative estimate of drug-likeness (QED) is 0.751.